The van der Waals surface area contributed by atoms with E-state index in [2.05, 4.69) is 21.4 Å². The van der Waals surface area contributed by atoms with Gasteiger partial charge in [-0.3, -0.25) is 14.2 Å². The molecule has 1 aliphatic heterocycles. The van der Waals surface area contributed by atoms with Crippen LogP contribution in [0, 0.1) is 12.8 Å². The van der Waals surface area contributed by atoms with Gasteiger partial charge in [-0.25, -0.2) is 9.97 Å². The molecular formula is C22H25N5O2. The topological polar surface area (TPSA) is 80.1 Å². The van der Waals surface area contributed by atoms with Gasteiger partial charge in [0.1, 0.15) is 5.52 Å². The number of rotatable bonds is 4. The van der Waals surface area contributed by atoms with Gasteiger partial charge in [-0.2, -0.15) is 0 Å². The molecule has 1 atom stereocenters. The average molecular weight is 391 g/mol. The quantitative estimate of drug-likeness (QED) is 0.737. The second-order valence-corrected chi connectivity index (χ2v) is 7.64. The lowest BCUT2D eigenvalue weighted by molar-refractivity contribution is -0.125. The Bertz CT molecular complexity index is 1110. The van der Waals surface area contributed by atoms with Crippen LogP contribution in [0.1, 0.15) is 24.0 Å². The van der Waals surface area contributed by atoms with Crippen LogP contribution in [0.2, 0.25) is 0 Å². The SMILES string of the molecule is Cc1cccc(CNC(=O)C2CCCN(c3nc4cccnc4n(C)c3=O)C2)c1. The molecule has 1 saturated heterocycles. The predicted octanol–water partition coefficient (Wildman–Crippen LogP) is 2.17. The van der Waals surface area contributed by atoms with Crippen LogP contribution >= 0.6 is 0 Å². The first-order chi connectivity index (χ1) is 14.0. The fraction of sp³-hybridized carbons (Fsp3) is 0.364. The Morgan fingerprint density at radius 2 is 2.14 bits per heavy atom. The number of aryl methyl sites for hydroxylation is 2. The van der Waals surface area contributed by atoms with Gasteiger partial charge in [0.15, 0.2) is 11.5 Å². The van der Waals surface area contributed by atoms with Gasteiger partial charge in [0.05, 0.1) is 5.92 Å². The Labute approximate surface area is 169 Å². The number of hydrogen-bond acceptors (Lipinski definition) is 5. The van der Waals surface area contributed by atoms with Gasteiger partial charge in [-0.05, 0) is 37.5 Å². The van der Waals surface area contributed by atoms with E-state index in [-0.39, 0.29) is 17.4 Å². The maximum atomic E-state index is 12.8. The molecule has 4 rings (SSSR count). The van der Waals surface area contributed by atoms with Crippen molar-refractivity contribution in [2.75, 3.05) is 18.0 Å². The smallest absolute Gasteiger partial charge is 0.294 e. The molecule has 0 spiro atoms. The van der Waals surface area contributed by atoms with Crippen LogP contribution in [0.3, 0.4) is 0 Å². The fourth-order valence-corrected chi connectivity index (χ4v) is 3.89. The van der Waals surface area contributed by atoms with E-state index in [1.54, 1.807) is 19.3 Å². The zero-order valence-electron chi connectivity index (χ0n) is 16.8. The number of pyridine rings is 1. The summed E-state index contributed by atoms with van der Waals surface area (Å²) in [5, 5.41) is 3.04. The van der Waals surface area contributed by atoms with E-state index in [9.17, 15) is 9.59 Å². The van der Waals surface area contributed by atoms with Crippen molar-refractivity contribution in [2.45, 2.75) is 26.3 Å². The maximum absolute atomic E-state index is 12.8. The number of amides is 1. The summed E-state index contributed by atoms with van der Waals surface area (Å²) in [7, 11) is 1.71. The molecular weight excluding hydrogens is 366 g/mol. The summed E-state index contributed by atoms with van der Waals surface area (Å²) in [6.07, 6.45) is 3.31. The highest BCUT2D eigenvalue weighted by molar-refractivity contribution is 5.79. The number of hydrogen-bond donors (Lipinski definition) is 1. The van der Waals surface area contributed by atoms with Crippen LogP contribution in [0.15, 0.2) is 47.4 Å². The summed E-state index contributed by atoms with van der Waals surface area (Å²) in [5.41, 5.74) is 3.32. The zero-order chi connectivity index (χ0) is 20.4. The van der Waals surface area contributed by atoms with E-state index in [1.165, 1.54) is 10.1 Å². The Morgan fingerprint density at radius 3 is 2.97 bits per heavy atom. The van der Waals surface area contributed by atoms with Crippen LogP contribution < -0.4 is 15.8 Å². The van der Waals surface area contributed by atoms with Crippen LogP contribution in [-0.2, 0) is 18.4 Å². The number of anilines is 1. The molecule has 1 N–H and O–H groups in total. The molecule has 29 heavy (non-hydrogen) atoms. The number of fused-ring (bicyclic) bond motifs is 1. The van der Waals surface area contributed by atoms with Crippen molar-refractivity contribution in [1.29, 1.82) is 0 Å². The van der Waals surface area contributed by atoms with Gasteiger partial charge in [0, 0.05) is 32.9 Å². The van der Waals surface area contributed by atoms with Crippen LogP contribution in [0.5, 0.6) is 0 Å². The lowest BCUT2D eigenvalue weighted by Gasteiger charge is -2.32. The Balaban J connectivity index is 1.50. The largest absolute Gasteiger partial charge is 0.352 e. The molecule has 150 valence electrons. The van der Waals surface area contributed by atoms with E-state index < -0.39 is 0 Å². The maximum Gasteiger partial charge on any atom is 0.294 e. The molecule has 0 aliphatic carbocycles. The third-order valence-corrected chi connectivity index (χ3v) is 5.45. The van der Waals surface area contributed by atoms with Crippen molar-refractivity contribution in [3.8, 4) is 0 Å². The summed E-state index contributed by atoms with van der Waals surface area (Å²) >= 11 is 0. The third kappa shape index (κ3) is 3.99. The van der Waals surface area contributed by atoms with Crippen LogP contribution in [-0.4, -0.2) is 33.5 Å². The van der Waals surface area contributed by atoms with Crippen molar-refractivity contribution in [3.63, 3.8) is 0 Å². The van der Waals surface area contributed by atoms with Crippen molar-refractivity contribution >= 4 is 22.9 Å². The standard InChI is InChI=1S/C22H25N5O2/c1-15-6-3-7-16(12-15)13-24-21(28)17-8-5-11-27(14-17)20-22(29)26(2)19-18(25-20)9-4-10-23-19/h3-4,6-7,9-10,12,17H,5,8,11,13-14H2,1-2H3,(H,24,28). The molecule has 3 heterocycles. The highest BCUT2D eigenvalue weighted by Crippen LogP contribution is 2.21. The lowest BCUT2D eigenvalue weighted by Crippen LogP contribution is -2.45. The highest BCUT2D eigenvalue weighted by atomic mass is 16.2. The molecule has 0 saturated carbocycles. The molecule has 1 aromatic carbocycles. The van der Waals surface area contributed by atoms with Crippen molar-refractivity contribution in [1.82, 2.24) is 19.9 Å². The summed E-state index contributed by atoms with van der Waals surface area (Å²) in [6.45, 7) is 3.76. The van der Waals surface area contributed by atoms with E-state index in [0.29, 0.717) is 30.1 Å². The molecule has 3 aromatic rings. The molecule has 0 radical (unpaired) electrons. The predicted molar refractivity (Wildman–Crippen MR) is 113 cm³/mol. The first-order valence-corrected chi connectivity index (χ1v) is 9.93. The molecule has 7 nitrogen and oxygen atoms in total. The van der Waals surface area contributed by atoms with E-state index >= 15 is 0 Å². The van der Waals surface area contributed by atoms with E-state index in [4.69, 9.17) is 0 Å². The van der Waals surface area contributed by atoms with E-state index in [1.807, 2.05) is 36.1 Å². The van der Waals surface area contributed by atoms with Gasteiger partial charge >= 0.3 is 0 Å². The number of piperidine rings is 1. The number of carbonyl (C=O) groups excluding carboxylic acids is 1. The van der Waals surface area contributed by atoms with Gasteiger partial charge in [0.2, 0.25) is 5.91 Å². The van der Waals surface area contributed by atoms with Crippen molar-refractivity contribution < 1.29 is 4.79 Å². The van der Waals surface area contributed by atoms with Crippen molar-refractivity contribution in [3.05, 3.63) is 64.1 Å². The molecule has 1 unspecified atom stereocenters. The zero-order valence-corrected chi connectivity index (χ0v) is 16.8. The van der Waals surface area contributed by atoms with Gasteiger partial charge < -0.3 is 10.2 Å². The summed E-state index contributed by atoms with van der Waals surface area (Å²) in [4.78, 5) is 36.3. The summed E-state index contributed by atoms with van der Waals surface area (Å²) in [5.74, 6) is 0.254. The average Bonchev–Trinajstić information content (AvgIpc) is 2.75. The molecule has 1 amide bonds. The second-order valence-electron chi connectivity index (χ2n) is 7.64. The third-order valence-electron chi connectivity index (χ3n) is 5.45. The Hall–Kier alpha value is -3.22. The highest BCUT2D eigenvalue weighted by Gasteiger charge is 2.28. The van der Waals surface area contributed by atoms with Crippen LogP contribution in [0.4, 0.5) is 5.82 Å². The van der Waals surface area contributed by atoms with Gasteiger partial charge in [0.25, 0.3) is 5.56 Å². The number of carbonyl (C=O) groups is 1. The second kappa shape index (κ2) is 8.03. The van der Waals surface area contributed by atoms with Crippen LogP contribution in [0.25, 0.3) is 11.2 Å². The normalized spacial score (nSPS) is 16.8. The minimum absolute atomic E-state index is 0.0236. The van der Waals surface area contributed by atoms with Crippen molar-refractivity contribution in [2.24, 2.45) is 13.0 Å². The first kappa shape index (κ1) is 19.1. The fourth-order valence-electron chi connectivity index (χ4n) is 3.89. The Morgan fingerprint density at radius 1 is 1.28 bits per heavy atom. The molecule has 1 aliphatic rings. The van der Waals surface area contributed by atoms with Gasteiger partial charge in [-0.1, -0.05) is 29.8 Å². The van der Waals surface area contributed by atoms with E-state index in [0.717, 1.165) is 24.9 Å². The number of aromatic nitrogens is 3. The minimum Gasteiger partial charge on any atom is -0.352 e. The lowest BCUT2D eigenvalue weighted by atomic mass is 9.97. The first-order valence-electron chi connectivity index (χ1n) is 9.93. The molecule has 7 heteroatoms. The number of nitrogens with one attached hydrogen (secondary N) is 1. The molecule has 1 fully saturated rings. The number of nitrogens with zero attached hydrogens (tertiary/aromatic N) is 4. The number of benzene rings is 1. The molecule has 0 bridgehead atoms. The minimum atomic E-state index is -0.183. The summed E-state index contributed by atoms with van der Waals surface area (Å²) < 4.78 is 1.53. The summed E-state index contributed by atoms with van der Waals surface area (Å²) in [6, 6.07) is 11.8. The van der Waals surface area contributed by atoms with Gasteiger partial charge in [-0.15, -0.1) is 0 Å². The monoisotopic (exact) mass is 391 g/mol. The Kier molecular flexibility index (Phi) is 5.29. The molecule has 2 aromatic heterocycles.